The molecular weight excluding hydrogens is 448 g/mol. The molecule has 5 heteroatoms. The molecule has 0 aromatic carbocycles. The van der Waals surface area contributed by atoms with Crippen molar-refractivity contribution in [1.29, 1.82) is 5.26 Å². The van der Waals surface area contributed by atoms with Crippen LogP contribution in [-0.2, 0) is 9.53 Å². The second kappa shape index (κ2) is 20.0. The van der Waals surface area contributed by atoms with E-state index < -0.39 is 0 Å². The van der Waals surface area contributed by atoms with Crippen LogP contribution in [0.5, 0.6) is 0 Å². The van der Waals surface area contributed by atoms with Gasteiger partial charge in [-0.3, -0.25) is 4.79 Å². The number of rotatable bonds is 18. The van der Waals surface area contributed by atoms with Crippen molar-refractivity contribution in [1.82, 2.24) is 5.32 Å². The van der Waals surface area contributed by atoms with Crippen molar-refractivity contribution >= 4 is 5.91 Å². The summed E-state index contributed by atoms with van der Waals surface area (Å²) in [7, 11) is 1.64. The van der Waals surface area contributed by atoms with Gasteiger partial charge in [0.25, 0.3) is 0 Å². The van der Waals surface area contributed by atoms with E-state index in [1.54, 1.807) is 7.11 Å². The number of carbonyl (C=O) groups excluding carboxylic acids is 1. The summed E-state index contributed by atoms with van der Waals surface area (Å²) in [6.45, 7) is 5.19. The van der Waals surface area contributed by atoms with Gasteiger partial charge >= 0.3 is 0 Å². The Hall–Kier alpha value is -2.16. The van der Waals surface area contributed by atoms with Gasteiger partial charge in [0.05, 0.1) is 18.3 Å². The molecule has 1 rings (SSSR count). The normalized spacial score (nSPS) is 21.1. The first-order chi connectivity index (χ1) is 17.4. The van der Waals surface area contributed by atoms with E-state index in [1.165, 1.54) is 0 Å². The summed E-state index contributed by atoms with van der Waals surface area (Å²) in [6.07, 6.45) is 28.7. The summed E-state index contributed by atoms with van der Waals surface area (Å²) in [6, 6.07) is 2.21. The first-order valence-corrected chi connectivity index (χ1v) is 13.8. The Kier molecular flexibility index (Phi) is 17.7. The third-order valence-corrected chi connectivity index (χ3v) is 6.78. The molecule has 1 fully saturated rings. The molecule has 0 saturated heterocycles. The number of aliphatic hydroxyl groups excluding tert-OH is 1. The van der Waals surface area contributed by atoms with Gasteiger partial charge in [-0.1, -0.05) is 68.9 Å². The monoisotopic (exact) mass is 498 g/mol. The van der Waals surface area contributed by atoms with E-state index in [0.717, 1.165) is 70.6 Å². The number of unbranched alkanes of at least 4 members (excludes halogenated alkanes) is 3. The van der Waals surface area contributed by atoms with Crippen LogP contribution >= 0.6 is 0 Å². The zero-order chi connectivity index (χ0) is 26.5. The third-order valence-electron chi connectivity index (χ3n) is 6.78. The lowest BCUT2D eigenvalue weighted by molar-refractivity contribution is -0.121. The van der Waals surface area contributed by atoms with E-state index in [1.807, 2.05) is 0 Å². The lowest BCUT2D eigenvalue weighted by Crippen LogP contribution is -2.39. The molecule has 0 aromatic rings. The summed E-state index contributed by atoms with van der Waals surface area (Å²) in [5.74, 6) is 0.507. The fraction of sp³-hybridized carbons (Fsp3) is 0.677. The number of hydrogen-bond donors (Lipinski definition) is 2. The second-order valence-corrected chi connectivity index (χ2v) is 10.6. The first kappa shape index (κ1) is 31.9. The summed E-state index contributed by atoms with van der Waals surface area (Å²) >= 11 is 0. The number of nitrogens with one attached hydrogen (secondary N) is 1. The van der Waals surface area contributed by atoms with Crippen LogP contribution in [0.1, 0.15) is 97.3 Å². The van der Waals surface area contributed by atoms with Crippen molar-refractivity contribution in [2.24, 2.45) is 11.3 Å². The van der Waals surface area contributed by atoms with Crippen LogP contribution in [0.2, 0.25) is 0 Å². The molecule has 0 spiro atoms. The van der Waals surface area contributed by atoms with Gasteiger partial charge in [-0.05, 0) is 75.5 Å². The molecule has 1 aliphatic carbocycles. The number of hydrogen-bond acceptors (Lipinski definition) is 4. The standard InChI is InChI=1S/C31H50N2O3/c1-31(2,23-17-14-18-24-32)22-16-13-11-9-7-5-4-6-8-10-12-15-19-30(35)33-26-27-20-21-28(34)29(25-27)36-3/h4-5,8-11,16,22,27-29,34H,6-7,12-15,17-21,23,25-26H2,1-3H3,(H,33,35)/b5-4-,10-8-,11-9-,22-16-. The lowest BCUT2D eigenvalue weighted by atomic mass is 9.85. The third kappa shape index (κ3) is 16.5. The molecule has 2 N–H and O–H groups in total. The minimum atomic E-state index is -0.372. The number of aliphatic hydroxyl groups is 1. The van der Waals surface area contributed by atoms with Gasteiger partial charge < -0.3 is 15.2 Å². The molecule has 0 radical (unpaired) electrons. The Morgan fingerprint density at radius 3 is 2.36 bits per heavy atom. The molecule has 5 nitrogen and oxygen atoms in total. The predicted molar refractivity (Wildman–Crippen MR) is 149 cm³/mol. The quantitative estimate of drug-likeness (QED) is 0.158. The summed E-state index contributed by atoms with van der Waals surface area (Å²) < 4.78 is 5.33. The van der Waals surface area contributed by atoms with E-state index in [0.29, 0.717) is 25.3 Å². The number of nitriles is 1. The van der Waals surface area contributed by atoms with E-state index in [4.69, 9.17) is 10.00 Å². The molecule has 0 aromatic heterocycles. The summed E-state index contributed by atoms with van der Waals surface area (Å²) in [4.78, 5) is 12.1. The summed E-state index contributed by atoms with van der Waals surface area (Å²) in [5, 5.41) is 21.5. The van der Waals surface area contributed by atoms with E-state index in [2.05, 4.69) is 73.8 Å². The molecule has 36 heavy (non-hydrogen) atoms. The van der Waals surface area contributed by atoms with Crippen LogP contribution in [0.4, 0.5) is 0 Å². The average Bonchev–Trinajstić information content (AvgIpc) is 2.86. The topological polar surface area (TPSA) is 82.3 Å². The fourth-order valence-electron chi connectivity index (χ4n) is 4.45. The molecule has 0 bridgehead atoms. The highest BCUT2D eigenvalue weighted by molar-refractivity contribution is 5.75. The number of amides is 1. The predicted octanol–water partition coefficient (Wildman–Crippen LogP) is 6.95. The number of allylic oxidation sites excluding steroid dienone is 8. The van der Waals surface area contributed by atoms with Gasteiger partial charge in [-0.15, -0.1) is 0 Å². The number of nitrogens with zero attached hydrogens (tertiary/aromatic N) is 1. The Balaban J connectivity index is 2.02. The van der Waals surface area contributed by atoms with Crippen molar-refractivity contribution < 1.29 is 14.6 Å². The highest BCUT2D eigenvalue weighted by Gasteiger charge is 2.29. The highest BCUT2D eigenvalue weighted by atomic mass is 16.5. The molecular formula is C31H50N2O3. The van der Waals surface area contributed by atoms with Crippen molar-refractivity contribution in [2.45, 2.75) is 110 Å². The second-order valence-electron chi connectivity index (χ2n) is 10.6. The van der Waals surface area contributed by atoms with Gasteiger partial charge in [0.2, 0.25) is 5.91 Å². The Morgan fingerprint density at radius 1 is 1.03 bits per heavy atom. The number of ether oxygens (including phenoxy) is 1. The molecule has 0 heterocycles. The highest BCUT2D eigenvalue weighted by Crippen LogP contribution is 2.26. The zero-order valence-electron chi connectivity index (χ0n) is 23.0. The van der Waals surface area contributed by atoms with Gasteiger partial charge in [0, 0.05) is 26.5 Å². The number of methoxy groups -OCH3 is 1. The van der Waals surface area contributed by atoms with Crippen LogP contribution in [0, 0.1) is 22.7 Å². The van der Waals surface area contributed by atoms with Crippen molar-refractivity contribution in [3.8, 4) is 6.07 Å². The molecule has 3 atom stereocenters. The van der Waals surface area contributed by atoms with Gasteiger partial charge in [-0.25, -0.2) is 0 Å². The molecule has 1 saturated carbocycles. The molecule has 1 amide bonds. The van der Waals surface area contributed by atoms with E-state index in [9.17, 15) is 9.90 Å². The van der Waals surface area contributed by atoms with Crippen LogP contribution in [0.25, 0.3) is 0 Å². The van der Waals surface area contributed by atoms with Crippen molar-refractivity contribution in [2.75, 3.05) is 13.7 Å². The Labute approximate surface area is 220 Å². The SMILES string of the molecule is COC1CC(CNC(=O)CCC/C=C\C/C=C\C/C=C\C/C=C\C(C)(C)CCCCC#N)CCC1O. The van der Waals surface area contributed by atoms with Crippen molar-refractivity contribution in [3.63, 3.8) is 0 Å². The van der Waals surface area contributed by atoms with Gasteiger partial charge in [-0.2, -0.15) is 5.26 Å². The first-order valence-electron chi connectivity index (χ1n) is 13.8. The fourth-order valence-corrected chi connectivity index (χ4v) is 4.45. The van der Waals surface area contributed by atoms with Crippen molar-refractivity contribution in [3.05, 3.63) is 48.6 Å². The van der Waals surface area contributed by atoms with Gasteiger partial charge in [0.1, 0.15) is 0 Å². The minimum Gasteiger partial charge on any atom is -0.390 e. The largest absolute Gasteiger partial charge is 0.390 e. The lowest BCUT2D eigenvalue weighted by Gasteiger charge is -2.32. The smallest absolute Gasteiger partial charge is 0.220 e. The van der Waals surface area contributed by atoms with Crippen LogP contribution < -0.4 is 5.32 Å². The maximum Gasteiger partial charge on any atom is 0.220 e. The van der Waals surface area contributed by atoms with Crippen LogP contribution in [0.3, 0.4) is 0 Å². The van der Waals surface area contributed by atoms with Crippen LogP contribution in [0.15, 0.2) is 48.6 Å². The average molecular weight is 499 g/mol. The Bertz CT molecular complexity index is 745. The van der Waals surface area contributed by atoms with Crippen LogP contribution in [-0.4, -0.2) is 36.9 Å². The molecule has 202 valence electrons. The van der Waals surface area contributed by atoms with Gasteiger partial charge in [0.15, 0.2) is 0 Å². The van der Waals surface area contributed by atoms with E-state index >= 15 is 0 Å². The Morgan fingerprint density at radius 2 is 1.69 bits per heavy atom. The number of carbonyl (C=O) groups is 1. The molecule has 1 aliphatic rings. The maximum atomic E-state index is 12.1. The maximum absolute atomic E-state index is 12.1. The molecule has 3 unspecified atom stereocenters. The summed E-state index contributed by atoms with van der Waals surface area (Å²) in [5.41, 5.74) is 0.202. The minimum absolute atomic E-state index is 0.104. The zero-order valence-corrected chi connectivity index (χ0v) is 23.0. The van der Waals surface area contributed by atoms with E-state index in [-0.39, 0.29) is 23.5 Å². The molecule has 0 aliphatic heterocycles.